The van der Waals surface area contributed by atoms with Gasteiger partial charge < -0.3 is 10.1 Å². The first kappa shape index (κ1) is 27.4. The van der Waals surface area contributed by atoms with Crippen LogP contribution in [0.4, 0.5) is 5.69 Å². The van der Waals surface area contributed by atoms with Gasteiger partial charge in [-0.3, -0.25) is 19.2 Å². The van der Waals surface area contributed by atoms with Crippen molar-refractivity contribution in [2.45, 2.75) is 57.0 Å². The summed E-state index contributed by atoms with van der Waals surface area (Å²) in [5, 5.41) is 2.56. The lowest BCUT2D eigenvalue weighted by Gasteiger charge is -2.40. The van der Waals surface area contributed by atoms with Gasteiger partial charge >= 0.3 is 0 Å². The molecule has 200 valence electrons. The molecule has 37 heavy (non-hydrogen) atoms. The summed E-state index contributed by atoms with van der Waals surface area (Å²) in [6, 6.07) is 14.5. The van der Waals surface area contributed by atoms with Crippen molar-refractivity contribution in [3.63, 3.8) is 0 Å². The maximum absolute atomic E-state index is 12.8. The van der Waals surface area contributed by atoms with Gasteiger partial charge in [0, 0.05) is 31.2 Å². The number of nitrogens with zero attached hydrogens (tertiary/aromatic N) is 1. The van der Waals surface area contributed by atoms with Gasteiger partial charge in [0.15, 0.2) is 0 Å². The lowest BCUT2D eigenvalue weighted by Crippen LogP contribution is -2.59. The lowest BCUT2D eigenvalue weighted by atomic mass is 9.85. The Balaban J connectivity index is 1.28. The van der Waals surface area contributed by atoms with Gasteiger partial charge in [0.05, 0.1) is 6.26 Å². The van der Waals surface area contributed by atoms with E-state index < -0.39 is 20.8 Å². The van der Waals surface area contributed by atoms with Gasteiger partial charge in [-0.15, -0.1) is 0 Å². The molecule has 2 N–H and O–H groups in total. The van der Waals surface area contributed by atoms with Crippen LogP contribution in [0, 0.1) is 5.92 Å². The molecule has 0 spiro atoms. The maximum atomic E-state index is 12.8. The summed E-state index contributed by atoms with van der Waals surface area (Å²) in [6.07, 6.45) is 7.17. The number of nitrogens with one attached hydrogen (secondary N) is 2. The number of carbonyl (C=O) groups is 2. The molecule has 1 saturated carbocycles. The molecule has 2 fully saturated rings. The molecule has 2 aromatic rings. The second-order valence-corrected chi connectivity index (χ2v) is 12.2. The molecule has 4 rings (SSSR count). The van der Waals surface area contributed by atoms with Crippen LogP contribution >= 0.6 is 11.6 Å². The first-order chi connectivity index (χ1) is 17.6. The number of ether oxygens (including phenoxy) is 1. The van der Waals surface area contributed by atoms with Gasteiger partial charge in [-0.05, 0) is 79.2 Å². The summed E-state index contributed by atoms with van der Waals surface area (Å²) < 4.78 is 30.9. The molecule has 2 aliphatic rings. The number of rotatable bonds is 9. The minimum absolute atomic E-state index is 0.0116. The van der Waals surface area contributed by atoms with Crippen LogP contribution < -0.4 is 14.8 Å². The Morgan fingerprint density at radius 1 is 0.973 bits per heavy atom. The number of carbonyl (C=O) groups excluding carboxylic acids is 2. The number of piperidine rings is 1. The predicted octanol–water partition coefficient (Wildman–Crippen LogP) is 4.65. The molecular formula is C27H34ClN3O5S. The van der Waals surface area contributed by atoms with Crippen LogP contribution in [0.2, 0.25) is 0 Å². The molecule has 8 nitrogen and oxygen atoms in total. The van der Waals surface area contributed by atoms with E-state index in [0.717, 1.165) is 44.0 Å². The van der Waals surface area contributed by atoms with Crippen LogP contribution in [0.5, 0.6) is 11.5 Å². The quantitative estimate of drug-likeness (QED) is 0.443. The molecule has 0 atom stereocenters. The summed E-state index contributed by atoms with van der Waals surface area (Å²) in [7, 11) is -3.32. The minimum atomic E-state index is -3.32. The fourth-order valence-electron chi connectivity index (χ4n) is 5.03. The Labute approximate surface area is 223 Å². The van der Waals surface area contributed by atoms with Gasteiger partial charge in [0.1, 0.15) is 17.0 Å². The average molecular weight is 548 g/mol. The molecule has 1 amide bonds. The van der Waals surface area contributed by atoms with Crippen molar-refractivity contribution in [1.82, 2.24) is 10.2 Å². The summed E-state index contributed by atoms with van der Waals surface area (Å²) in [5.41, 5.74) is 0.604. The molecule has 0 unspecified atom stereocenters. The Morgan fingerprint density at radius 3 is 2.08 bits per heavy atom. The number of hydrogen-bond acceptors (Lipinski definition) is 6. The summed E-state index contributed by atoms with van der Waals surface area (Å²) >= 11 is 6.01. The lowest BCUT2D eigenvalue weighted by molar-refractivity contribution is -0.133. The van der Waals surface area contributed by atoms with E-state index in [9.17, 15) is 18.0 Å². The zero-order chi connectivity index (χ0) is 26.5. The fraction of sp³-hybridized carbons (Fsp3) is 0.481. The summed E-state index contributed by atoms with van der Waals surface area (Å²) in [5.74, 6) is 1.23. The van der Waals surface area contributed by atoms with Crippen molar-refractivity contribution in [3.05, 3.63) is 54.1 Å². The molecule has 1 aliphatic heterocycles. The standard InChI is InChI=1S/C27H34ClN3O5S/c1-37(34,35)30-22-9-13-24(14-10-22)36-23-11-7-20(8-12-23)19-31-17-15-27(16-18-31,26(28)33)29-25(32)21-5-3-2-4-6-21/h7-14,21,30H,2-6,15-19H2,1H3,(H,29,32). The zero-order valence-electron chi connectivity index (χ0n) is 21.0. The number of sulfonamides is 1. The molecule has 1 saturated heterocycles. The van der Waals surface area contributed by atoms with Gasteiger partial charge in [-0.2, -0.15) is 0 Å². The van der Waals surface area contributed by atoms with Gasteiger partial charge in [0.2, 0.25) is 21.2 Å². The summed E-state index contributed by atoms with van der Waals surface area (Å²) in [6.45, 7) is 2.04. The first-order valence-corrected chi connectivity index (χ1v) is 15.0. The van der Waals surface area contributed by atoms with E-state index in [1.165, 1.54) is 6.42 Å². The molecule has 10 heteroatoms. The SMILES string of the molecule is CS(=O)(=O)Nc1ccc(Oc2ccc(CN3CCC(NC(=O)C4CCCCC4)(C(=O)Cl)CC3)cc2)cc1. The van der Waals surface area contributed by atoms with E-state index >= 15 is 0 Å². The Morgan fingerprint density at radius 2 is 1.54 bits per heavy atom. The highest BCUT2D eigenvalue weighted by Crippen LogP contribution is 2.30. The van der Waals surface area contributed by atoms with Crippen LogP contribution in [-0.2, 0) is 26.2 Å². The van der Waals surface area contributed by atoms with Crippen LogP contribution in [0.3, 0.4) is 0 Å². The number of halogens is 1. The van der Waals surface area contributed by atoms with E-state index in [1.54, 1.807) is 24.3 Å². The average Bonchev–Trinajstić information content (AvgIpc) is 2.87. The molecule has 2 aromatic carbocycles. The van der Waals surface area contributed by atoms with Crippen molar-refractivity contribution < 1.29 is 22.7 Å². The number of amides is 1. The van der Waals surface area contributed by atoms with Crippen molar-refractivity contribution >= 4 is 38.5 Å². The van der Waals surface area contributed by atoms with E-state index in [1.807, 2.05) is 24.3 Å². The van der Waals surface area contributed by atoms with Crippen molar-refractivity contribution in [2.75, 3.05) is 24.1 Å². The Kier molecular flexibility index (Phi) is 8.77. The topological polar surface area (TPSA) is 105 Å². The smallest absolute Gasteiger partial charge is 0.247 e. The number of hydrogen-bond donors (Lipinski definition) is 2. The van der Waals surface area contributed by atoms with E-state index in [4.69, 9.17) is 16.3 Å². The molecule has 1 heterocycles. The van der Waals surface area contributed by atoms with Crippen LogP contribution in [-0.4, -0.2) is 49.4 Å². The monoisotopic (exact) mass is 547 g/mol. The third-order valence-corrected chi connectivity index (χ3v) is 8.12. The molecule has 0 aromatic heterocycles. The number of benzene rings is 2. The van der Waals surface area contributed by atoms with Crippen molar-refractivity contribution in [2.24, 2.45) is 5.92 Å². The van der Waals surface area contributed by atoms with Crippen molar-refractivity contribution in [3.8, 4) is 11.5 Å². The maximum Gasteiger partial charge on any atom is 0.247 e. The highest BCUT2D eigenvalue weighted by molar-refractivity contribution is 7.92. The van der Waals surface area contributed by atoms with E-state index in [0.29, 0.717) is 43.1 Å². The molecule has 0 bridgehead atoms. The van der Waals surface area contributed by atoms with Gasteiger partial charge in [-0.25, -0.2) is 8.42 Å². The molecule has 0 radical (unpaired) electrons. The largest absolute Gasteiger partial charge is 0.457 e. The zero-order valence-corrected chi connectivity index (χ0v) is 22.6. The number of anilines is 1. The van der Waals surface area contributed by atoms with E-state index in [-0.39, 0.29) is 11.8 Å². The Bertz CT molecular complexity index is 1190. The highest BCUT2D eigenvalue weighted by Gasteiger charge is 2.42. The van der Waals surface area contributed by atoms with Gasteiger partial charge in [-0.1, -0.05) is 31.4 Å². The third kappa shape index (κ3) is 7.69. The van der Waals surface area contributed by atoms with Crippen molar-refractivity contribution in [1.29, 1.82) is 0 Å². The van der Waals surface area contributed by atoms with Crippen LogP contribution in [0.25, 0.3) is 0 Å². The molecular weight excluding hydrogens is 514 g/mol. The minimum Gasteiger partial charge on any atom is -0.457 e. The van der Waals surface area contributed by atoms with E-state index in [2.05, 4.69) is 14.9 Å². The Hall–Kier alpha value is -2.62. The third-order valence-electron chi connectivity index (χ3n) is 7.15. The highest BCUT2D eigenvalue weighted by atomic mass is 35.5. The summed E-state index contributed by atoms with van der Waals surface area (Å²) in [4.78, 5) is 27.4. The van der Waals surface area contributed by atoms with Crippen LogP contribution in [0.1, 0.15) is 50.5 Å². The first-order valence-electron chi connectivity index (χ1n) is 12.7. The second-order valence-electron chi connectivity index (χ2n) is 10.1. The molecule has 1 aliphatic carbocycles. The number of likely N-dealkylation sites (tertiary alicyclic amines) is 1. The van der Waals surface area contributed by atoms with Crippen LogP contribution in [0.15, 0.2) is 48.5 Å². The fourth-order valence-corrected chi connectivity index (χ4v) is 5.83. The normalized spacial score (nSPS) is 18.6. The van der Waals surface area contributed by atoms with Gasteiger partial charge in [0.25, 0.3) is 0 Å². The second kappa shape index (κ2) is 11.8. The predicted molar refractivity (Wildman–Crippen MR) is 144 cm³/mol.